The zero-order valence-corrected chi connectivity index (χ0v) is 11.0. The van der Waals surface area contributed by atoms with E-state index in [9.17, 15) is 0 Å². The Labute approximate surface area is 113 Å². The predicted octanol–water partition coefficient (Wildman–Crippen LogP) is 3.80. The summed E-state index contributed by atoms with van der Waals surface area (Å²) < 4.78 is 0. The number of nitrogens with two attached hydrogens (primary N) is 1. The Balaban J connectivity index is 1.95. The second kappa shape index (κ2) is 5.39. The van der Waals surface area contributed by atoms with Gasteiger partial charge in [0.2, 0.25) is 0 Å². The molecule has 1 aromatic heterocycles. The standard InChI is InChI=1S/C16H19N3/c17-16(13-6-2-1-3-7-13)19-14-10-4-8-12-9-5-11-18-15(12)14/h4-5,8-11,13H,1-3,6-7H2,(H2,17,19). The first kappa shape index (κ1) is 12.2. The highest BCUT2D eigenvalue weighted by atomic mass is 14.9. The SMILES string of the molecule is NC(=Nc1cccc2cccnc12)C1CCCCC1. The van der Waals surface area contributed by atoms with Gasteiger partial charge in [-0.25, -0.2) is 4.99 Å². The van der Waals surface area contributed by atoms with Crippen LogP contribution in [0, 0.1) is 5.92 Å². The highest BCUT2D eigenvalue weighted by Crippen LogP contribution is 2.27. The van der Waals surface area contributed by atoms with Crippen molar-refractivity contribution in [1.82, 2.24) is 4.98 Å². The topological polar surface area (TPSA) is 51.3 Å². The van der Waals surface area contributed by atoms with Crippen molar-refractivity contribution in [2.75, 3.05) is 0 Å². The van der Waals surface area contributed by atoms with Crippen LogP contribution >= 0.6 is 0 Å². The zero-order chi connectivity index (χ0) is 13.1. The van der Waals surface area contributed by atoms with Gasteiger partial charge in [0.25, 0.3) is 0 Å². The van der Waals surface area contributed by atoms with Crippen molar-refractivity contribution in [3.63, 3.8) is 0 Å². The summed E-state index contributed by atoms with van der Waals surface area (Å²) >= 11 is 0. The third-order valence-corrected chi connectivity index (χ3v) is 3.88. The average Bonchev–Trinajstić information content (AvgIpc) is 2.48. The maximum atomic E-state index is 6.19. The number of nitrogens with zero attached hydrogens (tertiary/aromatic N) is 2. The highest BCUT2D eigenvalue weighted by molar-refractivity contribution is 5.93. The summed E-state index contributed by atoms with van der Waals surface area (Å²) in [6, 6.07) is 10.1. The molecule has 1 aliphatic carbocycles. The van der Waals surface area contributed by atoms with Gasteiger partial charge >= 0.3 is 0 Å². The van der Waals surface area contributed by atoms with E-state index in [1.807, 2.05) is 18.2 Å². The lowest BCUT2D eigenvalue weighted by molar-refractivity contribution is 0.437. The van der Waals surface area contributed by atoms with Crippen molar-refractivity contribution >= 4 is 22.4 Å². The minimum Gasteiger partial charge on any atom is -0.387 e. The van der Waals surface area contributed by atoms with Gasteiger partial charge in [-0.3, -0.25) is 4.98 Å². The van der Waals surface area contributed by atoms with Crippen molar-refractivity contribution in [2.45, 2.75) is 32.1 Å². The maximum absolute atomic E-state index is 6.19. The summed E-state index contributed by atoms with van der Waals surface area (Å²) in [4.78, 5) is 9.06. The van der Waals surface area contributed by atoms with E-state index in [0.717, 1.165) is 22.4 Å². The molecule has 3 heteroatoms. The molecule has 1 aliphatic rings. The number of para-hydroxylation sites is 1. The molecule has 0 amide bonds. The molecular formula is C16H19N3. The number of pyridine rings is 1. The molecule has 1 fully saturated rings. The van der Waals surface area contributed by atoms with E-state index in [2.05, 4.69) is 22.1 Å². The Morgan fingerprint density at radius 3 is 2.74 bits per heavy atom. The summed E-state index contributed by atoms with van der Waals surface area (Å²) in [6.07, 6.45) is 8.03. The molecule has 1 saturated carbocycles. The summed E-state index contributed by atoms with van der Waals surface area (Å²) in [5.41, 5.74) is 8.02. The molecule has 1 aromatic carbocycles. The molecule has 2 aromatic rings. The molecule has 0 saturated heterocycles. The normalized spacial score (nSPS) is 17.8. The molecular weight excluding hydrogens is 234 g/mol. The fourth-order valence-electron chi connectivity index (χ4n) is 2.81. The van der Waals surface area contributed by atoms with Gasteiger partial charge in [-0.2, -0.15) is 0 Å². The van der Waals surface area contributed by atoms with Crippen LogP contribution in [0.15, 0.2) is 41.5 Å². The van der Waals surface area contributed by atoms with Gasteiger partial charge in [-0.1, -0.05) is 37.5 Å². The Kier molecular flexibility index (Phi) is 3.45. The lowest BCUT2D eigenvalue weighted by Gasteiger charge is -2.20. The van der Waals surface area contributed by atoms with Crippen LogP contribution in [0.4, 0.5) is 5.69 Å². The van der Waals surface area contributed by atoms with Gasteiger partial charge in [0.15, 0.2) is 0 Å². The van der Waals surface area contributed by atoms with Gasteiger partial charge in [0.05, 0.1) is 11.2 Å². The molecule has 3 rings (SSSR count). The van der Waals surface area contributed by atoms with Crippen molar-refractivity contribution in [3.05, 3.63) is 36.5 Å². The molecule has 2 N–H and O–H groups in total. The summed E-state index contributed by atoms with van der Waals surface area (Å²) in [6.45, 7) is 0. The summed E-state index contributed by atoms with van der Waals surface area (Å²) in [5, 5.41) is 1.11. The maximum Gasteiger partial charge on any atom is 0.103 e. The lowest BCUT2D eigenvalue weighted by atomic mass is 9.88. The first-order valence-corrected chi connectivity index (χ1v) is 7.02. The van der Waals surface area contributed by atoms with Crippen LogP contribution in [0.5, 0.6) is 0 Å². The van der Waals surface area contributed by atoms with Gasteiger partial charge < -0.3 is 5.73 Å². The first-order valence-electron chi connectivity index (χ1n) is 7.02. The fourth-order valence-corrected chi connectivity index (χ4v) is 2.81. The lowest BCUT2D eigenvalue weighted by Crippen LogP contribution is -2.25. The second-order valence-corrected chi connectivity index (χ2v) is 5.22. The molecule has 0 aliphatic heterocycles. The quantitative estimate of drug-likeness (QED) is 0.653. The Morgan fingerprint density at radius 2 is 1.89 bits per heavy atom. The molecule has 3 nitrogen and oxygen atoms in total. The number of aromatic nitrogens is 1. The monoisotopic (exact) mass is 253 g/mol. The minimum atomic E-state index is 0.452. The molecule has 98 valence electrons. The van der Waals surface area contributed by atoms with Gasteiger partial charge in [0.1, 0.15) is 5.84 Å². The van der Waals surface area contributed by atoms with Crippen LogP contribution in [-0.4, -0.2) is 10.8 Å². The van der Waals surface area contributed by atoms with Crippen molar-refractivity contribution in [3.8, 4) is 0 Å². The van der Waals surface area contributed by atoms with E-state index in [0.29, 0.717) is 5.92 Å². The van der Waals surface area contributed by atoms with Crippen LogP contribution in [0.1, 0.15) is 32.1 Å². The van der Waals surface area contributed by atoms with E-state index < -0.39 is 0 Å². The zero-order valence-electron chi connectivity index (χ0n) is 11.0. The number of fused-ring (bicyclic) bond motifs is 1. The number of hydrogen-bond acceptors (Lipinski definition) is 2. The Morgan fingerprint density at radius 1 is 1.11 bits per heavy atom. The van der Waals surface area contributed by atoms with Crippen LogP contribution < -0.4 is 5.73 Å². The minimum absolute atomic E-state index is 0.452. The van der Waals surface area contributed by atoms with Crippen molar-refractivity contribution in [1.29, 1.82) is 0 Å². The summed E-state index contributed by atoms with van der Waals surface area (Å²) in [5.74, 6) is 1.23. The fraction of sp³-hybridized carbons (Fsp3) is 0.375. The van der Waals surface area contributed by atoms with Crippen LogP contribution in [0.2, 0.25) is 0 Å². The molecule has 0 bridgehead atoms. The third-order valence-electron chi connectivity index (χ3n) is 3.88. The number of hydrogen-bond donors (Lipinski definition) is 1. The number of amidine groups is 1. The first-order chi connectivity index (χ1) is 9.34. The summed E-state index contributed by atoms with van der Waals surface area (Å²) in [7, 11) is 0. The number of aliphatic imine (C=N–C) groups is 1. The van der Waals surface area contributed by atoms with E-state index in [-0.39, 0.29) is 0 Å². The molecule has 0 unspecified atom stereocenters. The Bertz CT molecular complexity index is 592. The van der Waals surface area contributed by atoms with E-state index in [1.54, 1.807) is 6.20 Å². The Hall–Kier alpha value is -1.90. The third kappa shape index (κ3) is 2.60. The van der Waals surface area contributed by atoms with Gasteiger partial charge in [0, 0.05) is 17.5 Å². The average molecular weight is 253 g/mol. The number of benzene rings is 1. The number of rotatable bonds is 2. The van der Waals surface area contributed by atoms with Crippen LogP contribution in [-0.2, 0) is 0 Å². The smallest absolute Gasteiger partial charge is 0.103 e. The van der Waals surface area contributed by atoms with E-state index in [1.165, 1.54) is 32.1 Å². The molecule has 0 radical (unpaired) electrons. The molecule has 1 heterocycles. The van der Waals surface area contributed by atoms with Crippen LogP contribution in [0.25, 0.3) is 10.9 Å². The highest BCUT2D eigenvalue weighted by Gasteiger charge is 2.17. The van der Waals surface area contributed by atoms with Gasteiger partial charge in [-0.05, 0) is 25.0 Å². The molecule has 0 spiro atoms. The predicted molar refractivity (Wildman–Crippen MR) is 79.6 cm³/mol. The van der Waals surface area contributed by atoms with E-state index >= 15 is 0 Å². The molecule has 0 atom stereocenters. The van der Waals surface area contributed by atoms with E-state index in [4.69, 9.17) is 5.73 Å². The van der Waals surface area contributed by atoms with Crippen LogP contribution in [0.3, 0.4) is 0 Å². The van der Waals surface area contributed by atoms with Gasteiger partial charge in [-0.15, -0.1) is 0 Å². The largest absolute Gasteiger partial charge is 0.387 e. The molecule has 19 heavy (non-hydrogen) atoms. The second-order valence-electron chi connectivity index (χ2n) is 5.22. The van der Waals surface area contributed by atoms with Crippen molar-refractivity contribution in [2.24, 2.45) is 16.6 Å². The van der Waals surface area contributed by atoms with Crippen molar-refractivity contribution < 1.29 is 0 Å².